The van der Waals surface area contributed by atoms with Crippen LogP contribution in [-0.4, -0.2) is 59.4 Å². The molecule has 0 amide bonds. The first kappa shape index (κ1) is 16.1. The molecule has 0 radical (unpaired) electrons. The highest BCUT2D eigenvalue weighted by Crippen LogP contribution is 2.23. The molecule has 2 atom stereocenters. The Hall–Kier alpha value is -0.910. The van der Waals surface area contributed by atoms with Crippen molar-refractivity contribution in [2.45, 2.75) is 32.4 Å². The number of nitrogens with zero attached hydrogens (tertiary/aromatic N) is 4. The van der Waals surface area contributed by atoms with Gasteiger partial charge in [-0.25, -0.2) is 0 Å². The van der Waals surface area contributed by atoms with E-state index in [1.807, 2.05) is 17.9 Å². The summed E-state index contributed by atoms with van der Waals surface area (Å²) in [5, 5.41) is 4.28. The molecule has 0 fully saturated rings. The van der Waals surface area contributed by atoms with Crippen LogP contribution in [0.15, 0.2) is 12.4 Å². The van der Waals surface area contributed by atoms with Crippen molar-refractivity contribution in [3.63, 3.8) is 0 Å². The zero-order valence-corrected chi connectivity index (χ0v) is 13.0. The molecule has 0 aliphatic heterocycles. The molecule has 1 heterocycles. The fourth-order valence-electron chi connectivity index (χ4n) is 2.45. The van der Waals surface area contributed by atoms with Gasteiger partial charge in [0, 0.05) is 37.9 Å². The van der Waals surface area contributed by atoms with Crippen LogP contribution >= 0.6 is 0 Å². The molecule has 0 aliphatic rings. The van der Waals surface area contributed by atoms with Gasteiger partial charge < -0.3 is 10.6 Å². The van der Waals surface area contributed by atoms with Crippen molar-refractivity contribution >= 4 is 0 Å². The lowest BCUT2D eigenvalue weighted by molar-refractivity contribution is 0.161. The molecule has 5 heteroatoms. The Balaban J connectivity index is 2.85. The minimum Gasteiger partial charge on any atom is -0.326 e. The third kappa shape index (κ3) is 4.93. The Morgan fingerprint density at radius 1 is 1.32 bits per heavy atom. The van der Waals surface area contributed by atoms with Gasteiger partial charge in [0.05, 0.1) is 12.2 Å². The molecular formula is C14H29N5. The van der Waals surface area contributed by atoms with Crippen molar-refractivity contribution in [2.75, 3.05) is 33.7 Å². The highest BCUT2D eigenvalue weighted by Gasteiger charge is 2.24. The maximum absolute atomic E-state index is 6.22. The van der Waals surface area contributed by atoms with Crippen LogP contribution in [0.5, 0.6) is 0 Å². The first-order valence-electron chi connectivity index (χ1n) is 7.08. The molecule has 1 rings (SSSR count). The fourth-order valence-corrected chi connectivity index (χ4v) is 2.45. The molecule has 0 saturated heterocycles. The van der Waals surface area contributed by atoms with E-state index in [2.05, 4.69) is 49.0 Å². The predicted molar refractivity (Wildman–Crippen MR) is 80.0 cm³/mol. The Kier molecular flexibility index (Phi) is 6.48. The maximum atomic E-state index is 6.22. The molecule has 19 heavy (non-hydrogen) atoms. The summed E-state index contributed by atoms with van der Waals surface area (Å²) >= 11 is 0. The van der Waals surface area contributed by atoms with Gasteiger partial charge in [0.15, 0.2) is 0 Å². The first-order valence-corrected chi connectivity index (χ1v) is 7.08. The molecule has 2 unspecified atom stereocenters. The van der Waals surface area contributed by atoms with Crippen molar-refractivity contribution in [3.8, 4) is 0 Å². The van der Waals surface area contributed by atoms with E-state index in [1.54, 1.807) is 0 Å². The van der Waals surface area contributed by atoms with Crippen LogP contribution in [0.3, 0.4) is 0 Å². The Morgan fingerprint density at radius 2 is 2.00 bits per heavy atom. The molecule has 0 bridgehead atoms. The van der Waals surface area contributed by atoms with Crippen molar-refractivity contribution in [1.29, 1.82) is 0 Å². The minimum absolute atomic E-state index is 0.0953. The molecule has 1 aromatic heterocycles. The summed E-state index contributed by atoms with van der Waals surface area (Å²) in [6, 6.07) is 0.339. The highest BCUT2D eigenvalue weighted by molar-refractivity contribution is 5.13. The van der Waals surface area contributed by atoms with E-state index in [1.165, 1.54) is 5.56 Å². The lowest BCUT2D eigenvalue weighted by Crippen LogP contribution is -2.42. The van der Waals surface area contributed by atoms with E-state index in [0.717, 1.165) is 26.1 Å². The molecule has 110 valence electrons. The fraction of sp³-hybridized carbons (Fsp3) is 0.786. The monoisotopic (exact) mass is 267 g/mol. The third-order valence-corrected chi connectivity index (χ3v) is 3.30. The normalized spacial score (nSPS) is 15.2. The summed E-state index contributed by atoms with van der Waals surface area (Å²) in [4.78, 5) is 4.69. The Labute approximate surface area is 117 Å². The van der Waals surface area contributed by atoms with Gasteiger partial charge in [0.1, 0.15) is 0 Å². The largest absolute Gasteiger partial charge is 0.326 e. The minimum atomic E-state index is 0.0953. The first-order chi connectivity index (χ1) is 8.95. The van der Waals surface area contributed by atoms with Crippen molar-refractivity contribution < 1.29 is 0 Å². The van der Waals surface area contributed by atoms with E-state index >= 15 is 0 Å². The van der Waals surface area contributed by atoms with Gasteiger partial charge in [-0.1, -0.05) is 6.92 Å². The second-order valence-electron chi connectivity index (χ2n) is 5.59. The van der Waals surface area contributed by atoms with E-state index in [-0.39, 0.29) is 12.1 Å². The molecule has 0 spiro atoms. The Morgan fingerprint density at radius 3 is 2.42 bits per heavy atom. The van der Waals surface area contributed by atoms with Crippen LogP contribution in [0.1, 0.15) is 31.9 Å². The predicted octanol–water partition coefficient (Wildman–Crippen LogP) is 1.08. The molecule has 2 N–H and O–H groups in total. The van der Waals surface area contributed by atoms with Gasteiger partial charge in [-0.3, -0.25) is 9.58 Å². The van der Waals surface area contributed by atoms with Gasteiger partial charge >= 0.3 is 0 Å². The molecule has 0 aromatic carbocycles. The second-order valence-corrected chi connectivity index (χ2v) is 5.59. The zero-order valence-electron chi connectivity index (χ0n) is 13.0. The lowest BCUT2D eigenvalue weighted by atomic mass is 10.0. The van der Waals surface area contributed by atoms with Crippen LogP contribution in [0.25, 0.3) is 0 Å². The van der Waals surface area contributed by atoms with Crippen LogP contribution in [0.4, 0.5) is 0 Å². The molecular weight excluding hydrogens is 238 g/mol. The number of aryl methyl sites for hydroxylation is 1. The van der Waals surface area contributed by atoms with Crippen LogP contribution in [0.2, 0.25) is 0 Å². The average molecular weight is 267 g/mol. The van der Waals surface area contributed by atoms with Crippen LogP contribution in [0, 0.1) is 0 Å². The van der Waals surface area contributed by atoms with Gasteiger partial charge in [-0.05, 0) is 34.0 Å². The standard InChI is InChI=1S/C14H29N5/c1-6-7-19(9-8-17(3)4)14(12(2)15)13-10-16-18(5)11-13/h10-12,14H,6-9,15H2,1-5H3. The van der Waals surface area contributed by atoms with E-state index in [9.17, 15) is 0 Å². The number of aromatic nitrogens is 2. The summed E-state index contributed by atoms with van der Waals surface area (Å²) in [5.41, 5.74) is 7.44. The molecule has 1 aromatic rings. The van der Waals surface area contributed by atoms with Gasteiger partial charge in [-0.15, -0.1) is 0 Å². The number of rotatable bonds is 8. The second kappa shape index (κ2) is 7.62. The average Bonchev–Trinajstić information content (AvgIpc) is 2.72. The quantitative estimate of drug-likeness (QED) is 0.766. The maximum Gasteiger partial charge on any atom is 0.0538 e. The van der Waals surface area contributed by atoms with Crippen LogP contribution in [-0.2, 0) is 7.05 Å². The smallest absolute Gasteiger partial charge is 0.0538 e. The Bertz CT molecular complexity index is 358. The summed E-state index contributed by atoms with van der Waals surface area (Å²) < 4.78 is 1.85. The lowest BCUT2D eigenvalue weighted by Gasteiger charge is -2.34. The van der Waals surface area contributed by atoms with Gasteiger partial charge in [0.2, 0.25) is 0 Å². The zero-order chi connectivity index (χ0) is 14.4. The van der Waals surface area contributed by atoms with Gasteiger partial charge in [0.25, 0.3) is 0 Å². The number of nitrogens with two attached hydrogens (primary N) is 1. The van der Waals surface area contributed by atoms with Crippen LogP contribution < -0.4 is 5.73 Å². The highest BCUT2D eigenvalue weighted by atomic mass is 15.3. The summed E-state index contributed by atoms with van der Waals surface area (Å²) in [6.45, 7) is 7.43. The molecule has 5 nitrogen and oxygen atoms in total. The molecule has 0 aliphatic carbocycles. The number of hydrogen-bond donors (Lipinski definition) is 1. The van der Waals surface area contributed by atoms with Crippen molar-refractivity contribution in [3.05, 3.63) is 18.0 Å². The summed E-state index contributed by atoms with van der Waals surface area (Å²) in [5.74, 6) is 0. The van der Waals surface area contributed by atoms with Crippen molar-refractivity contribution in [2.24, 2.45) is 12.8 Å². The number of likely N-dealkylation sites (N-methyl/N-ethyl adjacent to an activating group) is 1. The third-order valence-electron chi connectivity index (χ3n) is 3.30. The number of hydrogen-bond acceptors (Lipinski definition) is 4. The summed E-state index contributed by atoms with van der Waals surface area (Å²) in [7, 11) is 6.16. The van der Waals surface area contributed by atoms with Crippen molar-refractivity contribution in [1.82, 2.24) is 19.6 Å². The van der Waals surface area contributed by atoms with E-state index in [4.69, 9.17) is 5.73 Å². The topological polar surface area (TPSA) is 50.3 Å². The van der Waals surface area contributed by atoms with Gasteiger partial charge in [-0.2, -0.15) is 5.10 Å². The molecule has 0 saturated carbocycles. The SMILES string of the molecule is CCCN(CCN(C)C)C(c1cnn(C)c1)C(C)N. The van der Waals surface area contributed by atoms with E-state index < -0.39 is 0 Å². The summed E-state index contributed by atoms with van der Waals surface area (Å²) in [6.07, 6.45) is 5.15. The van der Waals surface area contributed by atoms with E-state index in [0.29, 0.717) is 0 Å².